The molecule has 0 amide bonds. The molecule has 1 aliphatic rings. The van der Waals surface area contributed by atoms with Gasteiger partial charge in [-0.15, -0.1) is 11.8 Å². The van der Waals surface area contributed by atoms with E-state index in [2.05, 4.69) is 31.2 Å². The molecule has 0 aliphatic carbocycles. The van der Waals surface area contributed by atoms with E-state index < -0.39 is 12.3 Å². The van der Waals surface area contributed by atoms with Gasteiger partial charge in [0.15, 0.2) is 6.29 Å². The number of hydrogen-bond acceptors (Lipinski definition) is 6. The molecule has 1 aliphatic heterocycles. The molecule has 4 N–H and O–H groups in total. The molecule has 6 nitrogen and oxygen atoms in total. The Balaban J connectivity index is 1.41. The van der Waals surface area contributed by atoms with E-state index in [1.165, 1.54) is 11.8 Å². The largest absolute Gasteiger partial charge is 0.478 e. The maximum atomic E-state index is 11.7. The lowest BCUT2D eigenvalue weighted by Gasteiger charge is -2.41. The average molecular weight is 556 g/mol. The lowest BCUT2D eigenvalue weighted by Crippen LogP contribution is -2.38. The fourth-order valence-electron chi connectivity index (χ4n) is 4.96. The molecule has 4 unspecified atom stereocenters. The van der Waals surface area contributed by atoms with Gasteiger partial charge in [0.05, 0.1) is 24.4 Å². The molecule has 1 heterocycles. The normalized spacial score (nSPS) is 20.8. The molecular weight excluding hydrogens is 522 g/mol. The topological polar surface area (TPSA) is 102 Å². The highest BCUT2D eigenvalue weighted by Gasteiger charge is 2.38. The number of nitrogens with two attached hydrogens (primary N) is 1. The number of carboxylic acids is 1. The van der Waals surface area contributed by atoms with Gasteiger partial charge >= 0.3 is 5.97 Å². The van der Waals surface area contributed by atoms with Gasteiger partial charge in [0.2, 0.25) is 0 Å². The van der Waals surface area contributed by atoms with Crippen LogP contribution >= 0.6 is 11.8 Å². The maximum absolute atomic E-state index is 11.7. The number of aliphatic hydroxyl groups is 1. The first-order chi connectivity index (χ1) is 19.5. The van der Waals surface area contributed by atoms with Gasteiger partial charge in [0, 0.05) is 28.7 Å². The molecule has 206 valence electrons. The second-order valence-electron chi connectivity index (χ2n) is 9.96. The summed E-state index contributed by atoms with van der Waals surface area (Å²) < 4.78 is 13.1. The Kier molecular flexibility index (Phi) is 8.99. The number of ether oxygens (including phenoxy) is 2. The molecule has 0 spiro atoms. The Morgan fingerprint density at radius 2 is 1.57 bits per heavy atom. The van der Waals surface area contributed by atoms with Crippen LogP contribution in [0.2, 0.25) is 0 Å². The number of benzene rings is 4. The van der Waals surface area contributed by atoms with Crippen LogP contribution in [0.15, 0.2) is 102 Å². The third-order valence-electron chi connectivity index (χ3n) is 7.32. The van der Waals surface area contributed by atoms with E-state index in [0.29, 0.717) is 17.2 Å². The molecule has 7 heteroatoms. The van der Waals surface area contributed by atoms with Crippen LogP contribution in [0, 0.1) is 5.92 Å². The van der Waals surface area contributed by atoms with Gasteiger partial charge in [-0.25, -0.2) is 4.79 Å². The van der Waals surface area contributed by atoms with Crippen molar-refractivity contribution in [3.05, 3.63) is 125 Å². The van der Waals surface area contributed by atoms with Crippen LogP contribution in [0.5, 0.6) is 0 Å². The van der Waals surface area contributed by atoms with Crippen LogP contribution in [0.25, 0.3) is 11.1 Å². The molecule has 4 aromatic rings. The Bertz CT molecular complexity index is 1440. The zero-order valence-electron chi connectivity index (χ0n) is 22.3. The highest BCUT2D eigenvalue weighted by molar-refractivity contribution is 7.99. The predicted molar refractivity (Wildman–Crippen MR) is 157 cm³/mol. The van der Waals surface area contributed by atoms with Crippen molar-refractivity contribution in [1.29, 1.82) is 0 Å². The monoisotopic (exact) mass is 555 g/mol. The van der Waals surface area contributed by atoms with Gasteiger partial charge < -0.3 is 25.4 Å². The van der Waals surface area contributed by atoms with E-state index in [-0.39, 0.29) is 30.3 Å². The Hall–Kier alpha value is -3.46. The zero-order valence-corrected chi connectivity index (χ0v) is 23.1. The van der Waals surface area contributed by atoms with Gasteiger partial charge in [-0.3, -0.25) is 0 Å². The quantitative estimate of drug-likeness (QED) is 0.200. The molecule has 5 rings (SSSR count). The second-order valence-corrected chi connectivity index (χ2v) is 11.0. The fourth-order valence-corrected chi connectivity index (χ4v) is 6.17. The van der Waals surface area contributed by atoms with Gasteiger partial charge in [-0.1, -0.05) is 85.8 Å². The van der Waals surface area contributed by atoms with Crippen molar-refractivity contribution < 1.29 is 24.5 Å². The first-order valence-corrected chi connectivity index (χ1v) is 14.3. The molecule has 4 aromatic carbocycles. The van der Waals surface area contributed by atoms with Crippen molar-refractivity contribution in [3.63, 3.8) is 0 Å². The van der Waals surface area contributed by atoms with Crippen LogP contribution < -0.4 is 5.73 Å². The Morgan fingerprint density at radius 1 is 0.850 bits per heavy atom. The minimum absolute atomic E-state index is 0.000933. The fraction of sp³-hybridized carbons (Fsp3) is 0.242. The van der Waals surface area contributed by atoms with Crippen LogP contribution in [0.1, 0.15) is 51.9 Å². The molecular formula is C33H33NO5S. The molecule has 0 saturated carbocycles. The highest BCUT2D eigenvalue weighted by atomic mass is 32.2. The van der Waals surface area contributed by atoms with Gasteiger partial charge in [0.1, 0.15) is 0 Å². The third-order valence-corrected chi connectivity index (χ3v) is 8.49. The molecule has 0 radical (unpaired) electrons. The van der Waals surface area contributed by atoms with Crippen LogP contribution in [0.4, 0.5) is 0 Å². The van der Waals surface area contributed by atoms with Crippen molar-refractivity contribution in [2.45, 2.75) is 43.5 Å². The van der Waals surface area contributed by atoms with E-state index in [9.17, 15) is 15.0 Å². The number of aromatic carboxylic acids is 1. The lowest BCUT2D eigenvalue weighted by atomic mass is 9.91. The summed E-state index contributed by atoms with van der Waals surface area (Å²) in [5, 5.41) is 19.1. The van der Waals surface area contributed by atoms with Crippen LogP contribution in [-0.2, 0) is 22.6 Å². The van der Waals surface area contributed by atoms with Crippen molar-refractivity contribution >= 4 is 17.7 Å². The Morgan fingerprint density at radius 3 is 2.27 bits per heavy atom. The molecule has 1 saturated heterocycles. The second kappa shape index (κ2) is 12.8. The first kappa shape index (κ1) is 28.1. The number of rotatable bonds is 9. The minimum Gasteiger partial charge on any atom is -0.478 e. The van der Waals surface area contributed by atoms with E-state index in [1.807, 2.05) is 60.7 Å². The molecule has 1 fully saturated rings. The number of carbonyl (C=O) groups is 1. The molecule has 40 heavy (non-hydrogen) atoms. The standard InChI is InChI=1S/C33H33NO5S/c1-21-29(20-40-30-8-3-2-7-28(30)32(36)37)38-33(39-31(21)25-11-9-22(19-35)10-12-25)26-15-13-24(14-16-26)27-6-4-5-23(17-27)18-34/h2-17,21,29,31,33,35H,18-20,34H2,1H3,(H,36,37). The van der Waals surface area contributed by atoms with Gasteiger partial charge in [-0.05, 0) is 46.0 Å². The minimum atomic E-state index is -0.944. The first-order valence-electron chi connectivity index (χ1n) is 13.3. The van der Waals surface area contributed by atoms with E-state index in [0.717, 1.165) is 33.4 Å². The highest BCUT2D eigenvalue weighted by Crippen LogP contribution is 2.43. The predicted octanol–water partition coefficient (Wildman–Crippen LogP) is 6.59. The number of thioether (sulfide) groups is 1. The molecule has 0 bridgehead atoms. The van der Waals surface area contributed by atoms with Crippen LogP contribution in [-0.4, -0.2) is 28.0 Å². The van der Waals surface area contributed by atoms with Crippen molar-refractivity contribution in [2.75, 3.05) is 5.75 Å². The molecule has 0 aromatic heterocycles. The van der Waals surface area contributed by atoms with E-state index in [4.69, 9.17) is 15.2 Å². The van der Waals surface area contributed by atoms with Gasteiger partial charge in [0.25, 0.3) is 0 Å². The number of carboxylic acid groups (broad SMARTS) is 1. The summed E-state index contributed by atoms with van der Waals surface area (Å²) in [5.41, 5.74) is 12.1. The van der Waals surface area contributed by atoms with E-state index >= 15 is 0 Å². The summed E-state index contributed by atoms with van der Waals surface area (Å²) in [5.74, 6) is -0.375. The van der Waals surface area contributed by atoms with Crippen molar-refractivity contribution in [3.8, 4) is 11.1 Å². The van der Waals surface area contributed by atoms with Gasteiger partial charge in [-0.2, -0.15) is 0 Å². The lowest BCUT2D eigenvalue weighted by molar-refractivity contribution is -0.268. The molecule has 4 atom stereocenters. The summed E-state index contributed by atoms with van der Waals surface area (Å²) in [6.45, 7) is 2.57. The van der Waals surface area contributed by atoms with Crippen molar-refractivity contribution in [1.82, 2.24) is 0 Å². The summed E-state index contributed by atoms with van der Waals surface area (Å²) in [6.07, 6.45) is -1.04. The van der Waals surface area contributed by atoms with Crippen molar-refractivity contribution in [2.24, 2.45) is 11.7 Å². The zero-order chi connectivity index (χ0) is 28.1. The van der Waals surface area contributed by atoms with E-state index in [1.54, 1.807) is 12.1 Å². The average Bonchev–Trinajstić information content (AvgIpc) is 3.01. The summed E-state index contributed by atoms with van der Waals surface area (Å²) in [6, 6.07) is 31.2. The SMILES string of the molecule is CC1C(CSc2ccccc2C(=O)O)OC(c2ccc(-c3cccc(CN)c3)cc2)OC1c1ccc(CO)cc1. The number of aliphatic hydroxyl groups excluding tert-OH is 1. The summed E-state index contributed by atoms with van der Waals surface area (Å²) in [7, 11) is 0. The third kappa shape index (κ3) is 6.30. The summed E-state index contributed by atoms with van der Waals surface area (Å²) in [4.78, 5) is 12.5. The summed E-state index contributed by atoms with van der Waals surface area (Å²) >= 11 is 1.48. The smallest absolute Gasteiger partial charge is 0.336 e. The van der Waals surface area contributed by atoms with Crippen LogP contribution in [0.3, 0.4) is 0 Å². The Labute approximate surface area is 238 Å². The maximum Gasteiger partial charge on any atom is 0.336 e. The number of hydrogen-bond donors (Lipinski definition) is 3.